The predicted molar refractivity (Wildman–Crippen MR) is 65.6 cm³/mol. The fourth-order valence-corrected chi connectivity index (χ4v) is 2.12. The lowest BCUT2D eigenvalue weighted by atomic mass is 9.96. The smallest absolute Gasteiger partial charge is 0.141 e. The van der Waals surface area contributed by atoms with Crippen molar-refractivity contribution in [2.45, 2.75) is 38.0 Å². The van der Waals surface area contributed by atoms with Gasteiger partial charge in [-0.2, -0.15) is 0 Å². The maximum atomic E-state index is 13.0. The Bertz CT molecular complexity index is 416. The van der Waals surface area contributed by atoms with Gasteiger partial charge < -0.3 is 15.2 Å². The minimum absolute atomic E-state index is 0.0648. The van der Waals surface area contributed by atoms with Crippen molar-refractivity contribution in [3.63, 3.8) is 0 Å². The van der Waals surface area contributed by atoms with Crippen molar-refractivity contribution in [3.8, 4) is 0 Å². The molecule has 2 rings (SSSR count). The molecule has 0 amide bonds. The van der Waals surface area contributed by atoms with Gasteiger partial charge in [-0.25, -0.2) is 4.39 Å². The summed E-state index contributed by atoms with van der Waals surface area (Å²) in [5.74, 6) is -0.350. The van der Waals surface area contributed by atoms with Crippen molar-refractivity contribution >= 4 is 0 Å². The lowest BCUT2D eigenvalue weighted by Gasteiger charge is -2.28. The summed E-state index contributed by atoms with van der Waals surface area (Å²) in [6, 6.07) is 1.38. The second-order valence-corrected chi connectivity index (χ2v) is 4.91. The van der Waals surface area contributed by atoms with Crippen LogP contribution in [0.4, 0.5) is 4.39 Å². The van der Waals surface area contributed by atoms with Crippen LogP contribution in [0.15, 0.2) is 18.5 Å². The SMILES string of the molecule is CC(NCC1(O)CCOC1C)c1cncc(F)c1. The minimum atomic E-state index is -0.838. The van der Waals surface area contributed by atoms with Gasteiger partial charge in [0.1, 0.15) is 11.4 Å². The molecule has 2 heterocycles. The lowest BCUT2D eigenvalue weighted by molar-refractivity contribution is -0.0274. The number of aliphatic hydroxyl groups is 1. The third kappa shape index (κ3) is 2.85. The highest BCUT2D eigenvalue weighted by Gasteiger charge is 2.39. The second kappa shape index (κ2) is 5.30. The zero-order valence-corrected chi connectivity index (χ0v) is 10.7. The van der Waals surface area contributed by atoms with Crippen LogP contribution in [0.25, 0.3) is 0 Å². The summed E-state index contributed by atoms with van der Waals surface area (Å²) in [5, 5.41) is 13.5. The van der Waals surface area contributed by atoms with Gasteiger partial charge in [0.25, 0.3) is 0 Å². The van der Waals surface area contributed by atoms with E-state index in [9.17, 15) is 9.50 Å². The molecule has 0 saturated carbocycles. The number of aromatic nitrogens is 1. The highest BCUT2D eigenvalue weighted by atomic mass is 19.1. The lowest BCUT2D eigenvalue weighted by Crippen LogP contribution is -2.46. The van der Waals surface area contributed by atoms with Crippen molar-refractivity contribution in [1.29, 1.82) is 0 Å². The molecule has 0 radical (unpaired) electrons. The first-order valence-electron chi connectivity index (χ1n) is 6.19. The molecule has 1 fully saturated rings. The molecule has 1 aromatic rings. The van der Waals surface area contributed by atoms with E-state index in [-0.39, 0.29) is 18.0 Å². The van der Waals surface area contributed by atoms with Crippen LogP contribution < -0.4 is 5.32 Å². The molecule has 1 aliphatic heterocycles. The molecular weight excluding hydrogens is 235 g/mol. The number of rotatable bonds is 4. The summed E-state index contributed by atoms with van der Waals surface area (Å²) in [7, 11) is 0. The van der Waals surface area contributed by atoms with Gasteiger partial charge in [0.2, 0.25) is 0 Å². The minimum Gasteiger partial charge on any atom is -0.386 e. The first-order chi connectivity index (χ1) is 8.51. The van der Waals surface area contributed by atoms with E-state index in [1.54, 1.807) is 6.20 Å². The van der Waals surface area contributed by atoms with E-state index in [1.807, 2.05) is 13.8 Å². The summed E-state index contributed by atoms with van der Waals surface area (Å²) < 4.78 is 18.4. The van der Waals surface area contributed by atoms with Crippen LogP contribution in [0.1, 0.15) is 31.9 Å². The summed E-state index contributed by atoms with van der Waals surface area (Å²) in [6.45, 7) is 4.78. The van der Waals surface area contributed by atoms with Gasteiger partial charge in [-0.3, -0.25) is 4.98 Å². The van der Waals surface area contributed by atoms with Gasteiger partial charge in [0.15, 0.2) is 0 Å². The number of nitrogens with one attached hydrogen (secondary N) is 1. The van der Waals surface area contributed by atoms with E-state index in [1.165, 1.54) is 12.3 Å². The average molecular weight is 254 g/mol. The molecule has 1 aromatic heterocycles. The molecule has 5 heteroatoms. The van der Waals surface area contributed by atoms with Crippen LogP contribution >= 0.6 is 0 Å². The predicted octanol–water partition coefficient (Wildman–Crippen LogP) is 1.41. The Morgan fingerprint density at radius 2 is 2.44 bits per heavy atom. The fourth-order valence-electron chi connectivity index (χ4n) is 2.12. The van der Waals surface area contributed by atoms with Crippen LogP contribution in [-0.2, 0) is 4.74 Å². The fraction of sp³-hybridized carbons (Fsp3) is 0.615. The van der Waals surface area contributed by atoms with Gasteiger partial charge >= 0.3 is 0 Å². The quantitative estimate of drug-likeness (QED) is 0.853. The monoisotopic (exact) mass is 254 g/mol. The number of hydrogen-bond acceptors (Lipinski definition) is 4. The number of hydrogen-bond donors (Lipinski definition) is 2. The Hall–Kier alpha value is -1.04. The highest BCUT2D eigenvalue weighted by Crippen LogP contribution is 2.25. The molecule has 18 heavy (non-hydrogen) atoms. The van der Waals surface area contributed by atoms with Gasteiger partial charge in [-0.05, 0) is 25.5 Å². The third-order valence-corrected chi connectivity index (χ3v) is 3.60. The van der Waals surface area contributed by atoms with E-state index in [0.717, 1.165) is 5.56 Å². The Morgan fingerprint density at radius 1 is 1.67 bits per heavy atom. The summed E-state index contributed by atoms with van der Waals surface area (Å²) in [5.41, 5.74) is -0.0696. The molecule has 0 bridgehead atoms. The molecule has 3 atom stereocenters. The Morgan fingerprint density at radius 3 is 3.06 bits per heavy atom. The summed E-state index contributed by atoms with van der Waals surface area (Å²) in [4.78, 5) is 3.82. The van der Waals surface area contributed by atoms with E-state index >= 15 is 0 Å². The molecule has 1 saturated heterocycles. The number of ether oxygens (including phenoxy) is 1. The molecule has 100 valence electrons. The third-order valence-electron chi connectivity index (χ3n) is 3.60. The van der Waals surface area contributed by atoms with Gasteiger partial charge in [-0.15, -0.1) is 0 Å². The molecule has 2 N–H and O–H groups in total. The van der Waals surface area contributed by atoms with Crippen LogP contribution in [0, 0.1) is 5.82 Å². The van der Waals surface area contributed by atoms with E-state index in [4.69, 9.17) is 4.74 Å². The Kier molecular flexibility index (Phi) is 3.94. The van der Waals surface area contributed by atoms with Crippen molar-refractivity contribution in [1.82, 2.24) is 10.3 Å². The Balaban J connectivity index is 1.94. The summed E-state index contributed by atoms with van der Waals surface area (Å²) >= 11 is 0. The molecule has 1 aliphatic rings. The second-order valence-electron chi connectivity index (χ2n) is 4.91. The Labute approximate surface area is 106 Å². The van der Waals surface area contributed by atoms with E-state index in [2.05, 4.69) is 10.3 Å². The van der Waals surface area contributed by atoms with Crippen molar-refractivity contribution in [2.24, 2.45) is 0 Å². The first kappa shape index (κ1) is 13.4. The largest absolute Gasteiger partial charge is 0.386 e. The van der Waals surface area contributed by atoms with Crippen molar-refractivity contribution in [3.05, 3.63) is 29.8 Å². The average Bonchev–Trinajstić information content (AvgIpc) is 2.67. The molecule has 4 nitrogen and oxygen atoms in total. The van der Waals surface area contributed by atoms with Gasteiger partial charge in [0.05, 0.1) is 12.3 Å². The molecule has 3 unspecified atom stereocenters. The number of pyridine rings is 1. The zero-order valence-electron chi connectivity index (χ0n) is 10.7. The summed E-state index contributed by atoms with van der Waals surface area (Å²) in [6.07, 6.45) is 3.24. The van der Waals surface area contributed by atoms with Crippen molar-refractivity contribution in [2.75, 3.05) is 13.2 Å². The maximum absolute atomic E-state index is 13.0. The van der Waals surface area contributed by atoms with E-state index < -0.39 is 5.60 Å². The van der Waals surface area contributed by atoms with Gasteiger partial charge in [-0.1, -0.05) is 0 Å². The van der Waals surface area contributed by atoms with Crippen LogP contribution in [0.5, 0.6) is 0 Å². The number of halogens is 1. The van der Waals surface area contributed by atoms with Gasteiger partial charge in [0, 0.05) is 31.8 Å². The normalized spacial score (nSPS) is 29.4. The molecular formula is C13H19FN2O2. The molecule has 0 aliphatic carbocycles. The highest BCUT2D eigenvalue weighted by molar-refractivity contribution is 5.14. The van der Waals surface area contributed by atoms with Crippen LogP contribution in [0.2, 0.25) is 0 Å². The van der Waals surface area contributed by atoms with Crippen LogP contribution in [-0.4, -0.2) is 34.9 Å². The number of nitrogens with zero attached hydrogens (tertiary/aromatic N) is 1. The zero-order chi connectivity index (χ0) is 13.2. The molecule has 0 spiro atoms. The van der Waals surface area contributed by atoms with Crippen molar-refractivity contribution < 1.29 is 14.2 Å². The van der Waals surface area contributed by atoms with E-state index in [0.29, 0.717) is 19.6 Å². The molecule has 0 aromatic carbocycles. The topological polar surface area (TPSA) is 54.4 Å². The van der Waals surface area contributed by atoms with Crippen LogP contribution in [0.3, 0.4) is 0 Å². The maximum Gasteiger partial charge on any atom is 0.141 e. The first-order valence-corrected chi connectivity index (χ1v) is 6.19. The standard InChI is InChI=1S/C13H19FN2O2/c1-9(11-5-12(14)7-15-6-11)16-8-13(17)3-4-18-10(13)2/h5-7,9-10,16-17H,3-4,8H2,1-2H3.